The molecule has 2 aromatic rings. The Morgan fingerprint density at radius 1 is 1.00 bits per heavy atom. The number of hydrogen-bond acceptors (Lipinski definition) is 3. The number of rotatable bonds is 6. The monoisotopic (exact) mass is 407 g/mol. The fraction of sp³-hybridized carbons (Fsp3) is 0.417. The molecule has 1 aliphatic carbocycles. The lowest BCUT2D eigenvalue weighted by Crippen LogP contribution is -2.46. The van der Waals surface area contributed by atoms with Crippen LogP contribution in [0.5, 0.6) is 5.75 Å². The van der Waals surface area contributed by atoms with Crippen LogP contribution in [-0.2, 0) is 11.3 Å². The number of carbonyl (C=O) groups is 2. The summed E-state index contributed by atoms with van der Waals surface area (Å²) in [7, 11) is 1.65. The number of methoxy groups -OCH3 is 1. The molecular weight excluding hydrogens is 378 g/mol. The fourth-order valence-electron chi connectivity index (χ4n) is 3.99. The molecule has 4 rings (SSSR count). The van der Waals surface area contributed by atoms with Gasteiger partial charge in [0.2, 0.25) is 5.91 Å². The van der Waals surface area contributed by atoms with Crippen LogP contribution in [0.4, 0.5) is 10.5 Å². The van der Waals surface area contributed by atoms with Gasteiger partial charge in [-0.1, -0.05) is 30.3 Å². The summed E-state index contributed by atoms with van der Waals surface area (Å²) in [5.41, 5.74) is 1.91. The van der Waals surface area contributed by atoms with Crippen LogP contribution in [0.15, 0.2) is 54.6 Å². The number of anilines is 1. The third kappa shape index (κ3) is 4.93. The third-order valence-corrected chi connectivity index (χ3v) is 5.94. The molecule has 2 fully saturated rings. The van der Waals surface area contributed by atoms with Crippen LogP contribution in [0.1, 0.15) is 31.2 Å². The van der Waals surface area contributed by atoms with Gasteiger partial charge in [-0.05, 0) is 55.5 Å². The van der Waals surface area contributed by atoms with E-state index in [1.54, 1.807) is 7.11 Å². The molecule has 0 bridgehead atoms. The first-order chi connectivity index (χ1) is 14.6. The van der Waals surface area contributed by atoms with E-state index < -0.39 is 0 Å². The van der Waals surface area contributed by atoms with Gasteiger partial charge in [0.25, 0.3) is 0 Å². The zero-order valence-corrected chi connectivity index (χ0v) is 17.4. The Labute approximate surface area is 177 Å². The van der Waals surface area contributed by atoms with Crippen molar-refractivity contribution >= 4 is 17.6 Å². The number of carbonyl (C=O) groups excluding carboxylic acids is 2. The molecular formula is C24H29N3O3. The van der Waals surface area contributed by atoms with E-state index in [0.717, 1.165) is 29.8 Å². The van der Waals surface area contributed by atoms with Crippen LogP contribution < -0.4 is 10.1 Å². The second-order valence-electron chi connectivity index (χ2n) is 8.10. The van der Waals surface area contributed by atoms with Crippen molar-refractivity contribution in [2.24, 2.45) is 5.92 Å². The van der Waals surface area contributed by atoms with Gasteiger partial charge in [0.05, 0.1) is 7.11 Å². The van der Waals surface area contributed by atoms with Crippen LogP contribution in [0.25, 0.3) is 0 Å². The van der Waals surface area contributed by atoms with Crippen molar-refractivity contribution in [3.05, 3.63) is 60.2 Å². The van der Waals surface area contributed by atoms with Gasteiger partial charge >= 0.3 is 6.03 Å². The van der Waals surface area contributed by atoms with Gasteiger partial charge in [-0.2, -0.15) is 0 Å². The summed E-state index contributed by atoms with van der Waals surface area (Å²) >= 11 is 0. The van der Waals surface area contributed by atoms with Gasteiger partial charge in [-0.3, -0.25) is 4.79 Å². The van der Waals surface area contributed by atoms with Gasteiger partial charge < -0.3 is 19.9 Å². The maximum absolute atomic E-state index is 13.3. The minimum Gasteiger partial charge on any atom is -0.497 e. The van der Waals surface area contributed by atoms with E-state index in [-0.39, 0.29) is 17.9 Å². The minimum absolute atomic E-state index is 0.00961. The summed E-state index contributed by atoms with van der Waals surface area (Å²) in [5.74, 6) is 1.05. The maximum Gasteiger partial charge on any atom is 0.321 e. The van der Waals surface area contributed by atoms with Crippen molar-refractivity contribution in [2.75, 3.05) is 25.5 Å². The van der Waals surface area contributed by atoms with Gasteiger partial charge in [0.1, 0.15) is 5.75 Å². The van der Waals surface area contributed by atoms with Crippen molar-refractivity contribution in [1.82, 2.24) is 9.80 Å². The third-order valence-electron chi connectivity index (χ3n) is 5.94. The molecule has 0 atom stereocenters. The Balaban J connectivity index is 1.32. The Kier molecular flexibility index (Phi) is 6.21. The summed E-state index contributed by atoms with van der Waals surface area (Å²) in [6.07, 6.45) is 3.60. The zero-order chi connectivity index (χ0) is 20.9. The molecule has 1 aliphatic heterocycles. The Hall–Kier alpha value is -3.02. The summed E-state index contributed by atoms with van der Waals surface area (Å²) in [5, 5.41) is 2.93. The van der Waals surface area contributed by atoms with E-state index in [1.807, 2.05) is 64.4 Å². The standard InChI is InChI=1S/C24H29N3O3/c1-30-22-11-7-18(8-12-22)17-27(21-9-10-21)23(28)19-13-15-26(16-14-19)24(29)25-20-5-3-2-4-6-20/h2-8,11-12,19,21H,9-10,13-17H2,1H3,(H,25,29). The van der Waals surface area contributed by atoms with Crippen molar-refractivity contribution in [3.63, 3.8) is 0 Å². The highest BCUT2D eigenvalue weighted by atomic mass is 16.5. The van der Waals surface area contributed by atoms with Crippen LogP contribution in [0.3, 0.4) is 0 Å². The number of nitrogens with one attached hydrogen (secondary N) is 1. The Morgan fingerprint density at radius 2 is 1.67 bits per heavy atom. The van der Waals surface area contributed by atoms with Crippen LogP contribution in [0, 0.1) is 5.92 Å². The number of amides is 3. The second kappa shape index (κ2) is 9.20. The number of nitrogens with zero attached hydrogens (tertiary/aromatic N) is 2. The molecule has 158 valence electrons. The Bertz CT molecular complexity index is 857. The zero-order valence-electron chi connectivity index (χ0n) is 17.4. The van der Waals surface area contributed by atoms with Crippen LogP contribution >= 0.6 is 0 Å². The first-order valence-corrected chi connectivity index (χ1v) is 10.7. The molecule has 1 saturated carbocycles. The lowest BCUT2D eigenvalue weighted by atomic mass is 9.95. The summed E-state index contributed by atoms with van der Waals surface area (Å²) in [4.78, 5) is 29.6. The van der Waals surface area contributed by atoms with Gasteiger partial charge in [0, 0.05) is 37.3 Å². The van der Waals surface area contributed by atoms with Crippen molar-refractivity contribution < 1.29 is 14.3 Å². The lowest BCUT2D eigenvalue weighted by Gasteiger charge is -2.34. The Morgan fingerprint density at radius 3 is 2.27 bits per heavy atom. The average Bonchev–Trinajstić information content (AvgIpc) is 3.63. The molecule has 6 heteroatoms. The van der Waals surface area contributed by atoms with Gasteiger partial charge in [-0.15, -0.1) is 0 Å². The molecule has 0 unspecified atom stereocenters. The SMILES string of the molecule is COc1ccc(CN(C(=O)C2CCN(C(=O)Nc3ccccc3)CC2)C2CC2)cc1. The fourth-order valence-corrected chi connectivity index (χ4v) is 3.99. The highest BCUT2D eigenvalue weighted by Gasteiger charge is 2.37. The molecule has 1 saturated heterocycles. The molecule has 0 radical (unpaired) electrons. The van der Waals surface area contributed by atoms with Gasteiger partial charge in [-0.25, -0.2) is 4.79 Å². The lowest BCUT2D eigenvalue weighted by molar-refractivity contribution is -0.138. The first kappa shape index (κ1) is 20.3. The number of likely N-dealkylation sites (tertiary alicyclic amines) is 1. The molecule has 6 nitrogen and oxygen atoms in total. The predicted octanol–water partition coefficient (Wildman–Crippen LogP) is 4.13. The normalized spacial score (nSPS) is 16.8. The largest absolute Gasteiger partial charge is 0.497 e. The van der Waals surface area contributed by atoms with E-state index in [4.69, 9.17) is 4.74 Å². The molecule has 3 amide bonds. The molecule has 0 aromatic heterocycles. The number of piperidine rings is 1. The topological polar surface area (TPSA) is 61.9 Å². The van der Waals surface area contributed by atoms with Crippen LogP contribution in [-0.4, -0.2) is 48.0 Å². The summed E-state index contributed by atoms with van der Waals surface area (Å²) < 4.78 is 5.23. The molecule has 30 heavy (non-hydrogen) atoms. The summed E-state index contributed by atoms with van der Waals surface area (Å²) in [6, 6.07) is 17.7. The number of urea groups is 1. The average molecular weight is 408 g/mol. The predicted molar refractivity (Wildman–Crippen MR) is 116 cm³/mol. The molecule has 2 aromatic carbocycles. The van der Waals surface area contributed by atoms with Crippen molar-refractivity contribution in [1.29, 1.82) is 0 Å². The van der Waals surface area contributed by atoms with Crippen LogP contribution in [0.2, 0.25) is 0 Å². The maximum atomic E-state index is 13.3. The van der Waals surface area contributed by atoms with E-state index in [2.05, 4.69) is 5.32 Å². The van der Waals surface area contributed by atoms with E-state index >= 15 is 0 Å². The number of para-hydroxylation sites is 1. The van der Waals surface area contributed by atoms with E-state index in [1.165, 1.54) is 0 Å². The molecule has 1 heterocycles. The quantitative estimate of drug-likeness (QED) is 0.783. The smallest absolute Gasteiger partial charge is 0.321 e. The van der Waals surface area contributed by atoms with Crippen molar-refractivity contribution in [3.8, 4) is 5.75 Å². The molecule has 2 aliphatic rings. The summed E-state index contributed by atoms with van der Waals surface area (Å²) in [6.45, 7) is 1.86. The molecule has 0 spiro atoms. The van der Waals surface area contributed by atoms with Crippen molar-refractivity contribution in [2.45, 2.75) is 38.3 Å². The van der Waals surface area contributed by atoms with E-state index in [0.29, 0.717) is 38.5 Å². The highest BCUT2D eigenvalue weighted by Crippen LogP contribution is 2.32. The first-order valence-electron chi connectivity index (χ1n) is 10.7. The number of benzene rings is 2. The molecule has 1 N–H and O–H groups in total. The number of hydrogen-bond donors (Lipinski definition) is 1. The van der Waals surface area contributed by atoms with Gasteiger partial charge in [0.15, 0.2) is 0 Å². The highest BCUT2D eigenvalue weighted by molar-refractivity contribution is 5.89. The minimum atomic E-state index is -0.0932. The second-order valence-corrected chi connectivity index (χ2v) is 8.10. The number of ether oxygens (including phenoxy) is 1. The van der Waals surface area contributed by atoms with E-state index in [9.17, 15) is 9.59 Å².